The predicted molar refractivity (Wildman–Crippen MR) is 67.2 cm³/mol. The standard InChI is InChI=1S/C13H27NO2/c1-5-6-7-8-12(10(2)3)13(16)14-9-11(4)15/h10-12,15H,5-9H2,1-4H3,(H,14,16). The van der Waals surface area contributed by atoms with Crippen LogP contribution < -0.4 is 5.32 Å². The highest BCUT2D eigenvalue weighted by atomic mass is 16.3. The number of hydrogen-bond acceptors (Lipinski definition) is 2. The molecule has 0 aromatic carbocycles. The van der Waals surface area contributed by atoms with E-state index in [2.05, 4.69) is 26.1 Å². The van der Waals surface area contributed by atoms with Crippen molar-refractivity contribution in [3.8, 4) is 0 Å². The highest BCUT2D eigenvalue weighted by Crippen LogP contribution is 2.18. The summed E-state index contributed by atoms with van der Waals surface area (Å²) in [5.41, 5.74) is 0. The van der Waals surface area contributed by atoms with Crippen LogP contribution in [0.3, 0.4) is 0 Å². The van der Waals surface area contributed by atoms with Crippen LogP contribution in [0.25, 0.3) is 0 Å². The number of nitrogens with one attached hydrogen (secondary N) is 1. The monoisotopic (exact) mass is 229 g/mol. The van der Waals surface area contributed by atoms with E-state index in [1.807, 2.05) is 0 Å². The van der Waals surface area contributed by atoms with E-state index in [-0.39, 0.29) is 11.8 Å². The maximum Gasteiger partial charge on any atom is 0.223 e. The van der Waals surface area contributed by atoms with Crippen molar-refractivity contribution in [3.05, 3.63) is 0 Å². The van der Waals surface area contributed by atoms with Crippen molar-refractivity contribution < 1.29 is 9.90 Å². The van der Waals surface area contributed by atoms with Gasteiger partial charge in [-0.1, -0.05) is 40.0 Å². The highest BCUT2D eigenvalue weighted by Gasteiger charge is 2.21. The molecule has 96 valence electrons. The summed E-state index contributed by atoms with van der Waals surface area (Å²) in [6.07, 6.45) is 3.97. The zero-order valence-electron chi connectivity index (χ0n) is 11.1. The number of aliphatic hydroxyl groups excluding tert-OH is 1. The van der Waals surface area contributed by atoms with Crippen molar-refractivity contribution >= 4 is 5.91 Å². The van der Waals surface area contributed by atoms with Crippen molar-refractivity contribution in [1.82, 2.24) is 5.32 Å². The fourth-order valence-corrected chi connectivity index (χ4v) is 1.76. The van der Waals surface area contributed by atoms with Crippen molar-refractivity contribution in [3.63, 3.8) is 0 Å². The number of hydrogen-bond donors (Lipinski definition) is 2. The van der Waals surface area contributed by atoms with E-state index in [4.69, 9.17) is 5.11 Å². The average Bonchev–Trinajstić information content (AvgIpc) is 2.20. The molecule has 0 aliphatic carbocycles. The number of unbranched alkanes of at least 4 members (excludes halogenated alkanes) is 2. The topological polar surface area (TPSA) is 49.3 Å². The lowest BCUT2D eigenvalue weighted by Gasteiger charge is -2.20. The second kappa shape index (κ2) is 8.57. The Labute approximate surface area is 99.6 Å². The molecule has 3 nitrogen and oxygen atoms in total. The van der Waals surface area contributed by atoms with Crippen LogP contribution in [0.4, 0.5) is 0 Å². The first kappa shape index (κ1) is 15.4. The van der Waals surface area contributed by atoms with Gasteiger partial charge >= 0.3 is 0 Å². The smallest absolute Gasteiger partial charge is 0.223 e. The zero-order chi connectivity index (χ0) is 12.6. The summed E-state index contributed by atoms with van der Waals surface area (Å²) in [6, 6.07) is 0. The van der Waals surface area contributed by atoms with Crippen LogP contribution in [0.1, 0.15) is 53.4 Å². The van der Waals surface area contributed by atoms with E-state index >= 15 is 0 Å². The molecule has 0 aromatic heterocycles. The second-order valence-electron chi connectivity index (χ2n) is 4.94. The molecule has 0 bridgehead atoms. The van der Waals surface area contributed by atoms with Gasteiger partial charge in [0.15, 0.2) is 0 Å². The normalized spacial score (nSPS) is 14.9. The molecule has 0 saturated heterocycles. The molecule has 0 heterocycles. The lowest BCUT2D eigenvalue weighted by Crippen LogP contribution is -2.37. The van der Waals surface area contributed by atoms with Crippen molar-refractivity contribution in [2.45, 2.75) is 59.5 Å². The van der Waals surface area contributed by atoms with E-state index < -0.39 is 6.10 Å². The minimum Gasteiger partial charge on any atom is -0.392 e. The second-order valence-corrected chi connectivity index (χ2v) is 4.94. The van der Waals surface area contributed by atoms with Gasteiger partial charge in [0.25, 0.3) is 0 Å². The quantitative estimate of drug-likeness (QED) is 0.628. The Balaban J connectivity index is 4.03. The Morgan fingerprint density at radius 1 is 1.25 bits per heavy atom. The first-order valence-corrected chi connectivity index (χ1v) is 6.44. The summed E-state index contributed by atoms with van der Waals surface area (Å²) in [5.74, 6) is 0.545. The van der Waals surface area contributed by atoms with Crippen LogP contribution in [0.2, 0.25) is 0 Å². The molecule has 1 amide bonds. The van der Waals surface area contributed by atoms with Gasteiger partial charge in [-0.05, 0) is 19.3 Å². The number of carbonyl (C=O) groups is 1. The van der Waals surface area contributed by atoms with Gasteiger partial charge in [0.1, 0.15) is 0 Å². The van der Waals surface area contributed by atoms with E-state index in [1.54, 1.807) is 6.92 Å². The molecule has 0 aliphatic rings. The molecule has 0 fully saturated rings. The van der Waals surface area contributed by atoms with Gasteiger partial charge in [-0.25, -0.2) is 0 Å². The third-order valence-corrected chi connectivity index (χ3v) is 2.83. The van der Waals surface area contributed by atoms with Gasteiger partial charge in [-0.3, -0.25) is 4.79 Å². The summed E-state index contributed by atoms with van der Waals surface area (Å²) in [4.78, 5) is 11.9. The van der Waals surface area contributed by atoms with E-state index in [0.717, 1.165) is 12.8 Å². The van der Waals surface area contributed by atoms with Crippen LogP contribution in [-0.2, 0) is 4.79 Å². The Morgan fingerprint density at radius 3 is 2.31 bits per heavy atom. The summed E-state index contributed by atoms with van der Waals surface area (Å²) >= 11 is 0. The Kier molecular flexibility index (Phi) is 8.26. The molecule has 0 saturated carbocycles. The fraction of sp³-hybridized carbons (Fsp3) is 0.923. The Bertz CT molecular complexity index is 190. The molecule has 0 aliphatic heterocycles. The third kappa shape index (κ3) is 6.83. The minimum atomic E-state index is -0.465. The van der Waals surface area contributed by atoms with E-state index in [1.165, 1.54) is 12.8 Å². The van der Waals surface area contributed by atoms with Gasteiger partial charge in [0, 0.05) is 12.5 Å². The molecular formula is C13H27NO2. The van der Waals surface area contributed by atoms with Crippen LogP contribution in [0.15, 0.2) is 0 Å². The van der Waals surface area contributed by atoms with Crippen LogP contribution in [0, 0.1) is 11.8 Å². The number of carbonyl (C=O) groups excluding carboxylic acids is 1. The molecule has 0 aromatic rings. The zero-order valence-corrected chi connectivity index (χ0v) is 11.1. The average molecular weight is 229 g/mol. The minimum absolute atomic E-state index is 0.0882. The Hall–Kier alpha value is -0.570. The molecule has 16 heavy (non-hydrogen) atoms. The maximum absolute atomic E-state index is 11.9. The van der Waals surface area contributed by atoms with Crippen molar-refractivity contribution in [2.75, 3.05) is 6.54 Å². The highest BCUT2D eigenvalue weighted by molar-refractivity contribution is 5.78. The first-order valence-electron chi connectivity index (χ1n) is 6.44. The molecule has 0 radical (unpaired) electrons. The van der Waals surface area contributed by atoms with Gasteiger partial charge in [0.2, 0.25) is 5.91 Å². The van der Waals surface area contributed by atoms with Gasteiger partial charge in [0.05, 0.1) is 6.10 Å². The molecule has 2 N–H and O–H groups in total. The van der Waals surface area contributed by atoms with Gasteiger partial charge in [-0.2, -0.15) is 0 Å². The van der Waals surface area contributed by atoms with Crippen LogP contribution in [-0.4, -0.2) is 23.7 Å². The predicted octanol–water partition coefficient (Wildman–Crippen LogP) is 2.34. The first-order chi connectivity index (χ1) is 7.49. The summed E-state index contributed by atoms with van der Waals surface area (Å²) < 4.78 is 0. The van der Waals surface area contributed by atoms with E-state index in [9.17, 15) is 4.79 Å². The largest absolute Gasteiger partial charge is 0.392 e. The number of rotatable bonds is 8. The summed E-state index contributed by atoms with van der Waals surface area (Å²) in [7, 11) is 0. The Morgan fingerprint density at radius 2 is 1.88 bits per heavy atom. The fourth-order valence-electron chi connectivity index (χ4n) is 1.76. The molecule has 2 unspecified atom stereocenters. The lowest BCUT2D eigenvalue weighted by atomic mass is 9.89. The van der Waals surface area contributed by atoms with E-state index in [0.29, 0.717) is 12.5 Å². The van der Waals surface area contributed by atoms with Gasteiger partial charge in [-0.15, -0.1) is 0 Å². The molecule has 2 atom stereocenters. The molecule has 3 heteroatoms. The van der Waals surface area contributed by atoms with Gasteiger partial charge < -0.3 is 10.4 Å². The molecule has 0 rings (SSSR count). The molecule has 0 spiro atoms. The lowest BCUT2D eigenvalue weighted by molar-refractivity contribution is -0.127. The summed E-state index contributed by atoms with van der Waals surface area (Å²) in [5, 5.41) is 11.9. The van der Waals surface area contributed by atoms with Crippen molar-refractivity contribution in [2.24, 2.45) is 11.8 Å². The van der Waals surface area contributed by atoms with Crippen LogP contribution >= 0.6 is 0 Å². The van der Waals surface area contributed by atoms with Crippen LogP contribution in [0.5, 0.6) is 0 Å². The number of amides is 1. The van der Waals surface area contributed by atoms with Crippen molar-refractivity contribution in [1.29, 1.82) is 0 Å². The molecular weight excluding hydrogens is 202 g/mol. The number of aliphatic hydroxyl groups is 1. The summed E-state index contributed by atoms with van der Waals surface area (Å²) in [6.45, 7) is 8.37. The SMILES string of the molecule is CCCCCC(C(=O)NCC(C)O)C(C)C. The maximum atomic E-state index is 11.9. The third-order valence-electron chi connectivity index (χ3n) is 2.83.